The number of rotatable bonds is 8. The number of ether oxygens (including phenoxy) is 2. The second-order valence-corrected chi connectivity index (χ2v) is 7.10. The summed E-state index contributed by atoms with van der Waals surface area (Å²) in [5, 5.41) is 0.478. The molecule has 0 aliphatic heterocycles. The van der Waals surface area contributed by atoms with Gasteiger partial charge in [0.1, 0.15) is 11.0 Å². The lowest BCUT2D eigenvalue weighted by molar-refractivity contribution is -0.139. The Kier molecular flexibility index (Phi) is 6.53. The van der Waals surface area contributed by atoms with Crippen molar-refractivity contribution >= 4 is 28.8 Å². The van der Waals surface area contributed by atoms with Gasteiger partial charge in [-0.2, -0.15) is 0 Å². The lowest BCUT2D eigenvalue weighted by Crippen LogP contribution is -2.26. The average Bonchev–Trinajstić information content (AvgIpc) is 3.03. The van der Waals surface area contributed by atoms with Crippen LogP contribution in [0.15, 0.2) is 46.5 Å². The molecule has 7 nitrogen and oxygen atoms in total. The van der Waals surface area contributed by atoms with Crippen LogP contribution in [0, 0.1) is 0 Å². The highest BCUT2D eigenvalue weighted by Crippen LogP contribution is 2.29. The van der Waals surface area contributed by atoms with Crippen LogP contribution in [0.1, 0.15) is 6.92 Å². The van der Waals surface area contributed by atoms with Gasteiger partial charge in [0, 0.05) is 25.9 Å². The largest absolute Gasteiger partial charge is 0.465 e. The Bertz CT molecular complexity index is 1030. The third kappa shape index (κ3) is 4.13. The second kappa shape index (κ2) is 9.07. The van der Waals surface area contributed by atoms with Crippen molar-refractivity contribution in [3.8, 4) is 11.1 Å². The van der Waals surface area contributed by atoms with E-state index in [4.69, 9.17) is 14.5 Å². The van der Waals surface area contributed by atoms with E-state index in [-0.39, 0.29) is 17.3 Å². The second-order valence-electron chi connectivity index (χ2n) is 6.15. The van der Waals surface area contributed by atoms with Gasteiger partial charge >= 0.3 is 5.97 Å². The maximum atomic E-state index is 13.2. The highest BCUT2D eigenvalue weighted by atomic mass is 32.2. The Balaban J connectivity index is 2.13. The van der Waals surface area contributed by atoms with Gasteiger partial charge in [0.25, 0.3) is 5.56 Å². The SMILES string of the molecule is CCOC(=O)CSc1nc2c(-c3ccccc3)cn(C)c2c(=O)n1CCOC. The van der Waals surface area contributed by atoms with Crippen molar-refractivity contribution < 1.29 is 14.3 Å². The Morgan fingerprint density at radius 2 is 2.00 bits per heavy atom. The van der Waals surface area contributed by atoms with Crippen LogP contribution in [0.4, 0.5) is 0 Å². The van der Waals surface area contributed by atoms with Crippen molar-refractivity contribution in [1.82, 2.24) is 14.1 Å². The van der Waals surface area contributed by atoms with Crippen LogP contribution in [0.5, 0.6) is 0 Å². The first-order chi connectivity index (χ1) is 13.6. The highest BCUT2D eigenvalue weighted by molar-refractivity contribution is 7.99. The summed E-state index contributed by atoms with van der Waals surface area (Å²) in [6.45, 7) is 2.81. The summed E-state index contributed by atoms with van der Waals surface area (Å²) < 4.78 is 13.5. The van der Waals surface area contributed by atoms with Crippen LogP contribution < -0.4 is 5.56 Å². The molecule has 0 radical (unpaired) electrons. The van der Waals surface area contributed by atoms with Gasteiger partial charge in [-0.25, -0.2) is 4.98 Å². The molecular weight excluding hydrogens is 378 g/mol. The van der Waals surface area contributed by atoms with Gasteiger partial charge in [-0.05, 0) is 12.5 Å². The van der Waals surface area contributed by atoms with Crippen molar-refractivity contribution in [3.63, 3.8) is 0 Å². The minimum atomic E-state index is -0.337. The monoisotopic (exact) mass is 401 g/mol. The minimum Gasteiger partial charge on any atom is -0.465 e. The van der Waals surface area contributed by atoms with Gasteiger partial charge in [0.05, 0.1) is 25.5 Å². The smallest absolute Gasteiger partial charge is 0.316 e. The number of hydrogen-bond acceptors (Lipinski definition) is 6. The number of carbonyl (C=O) groups excluding carboxylic acids is 1. The Hall–Kier alpha value is -2.58. The number of thioether (sulfide) groups is 1. The van der Waals surface area contributed by atoms with E-state index in [2.05, 4.69) is 0 Å². The van der Waals surface area contributed by atoms with E-state index in [1.807, 2.05) is 43.6 Å². The first-order valence-corrected chi connectivity index (χ1v) is 9.98. The number of aromatic nitrogens is 3. The zero-order chi connectivity index (χ0) is 20.1. The summed E-state index contributed by atoms with van der Waals surface area (Å²) in [6, 6.07) is 9.81. The summed E-state index contributed by atoms with van der Waals surface area (Å²) in [7, 11) is 3.42. The third-order valence-corrected chi connectivity index (χ3v) is 5.22. The average molecular weight is 401 g/mol. The normalized spacial score (nSPS) is 11.1. The van der Waals surface area contributed by atoms with Crippen molar-refractivity contribution in [2.75, 3.05) is 26.1 Å². The molecule has 0 saturated carbocycles. The third-order valence-electron chi connectivity index (χ3n) is 4.27. The van der Waals surface area contributed by atoms with Crippen LogP contribution in [-0.2, 0) is 27.9 Å². The molecule has 3 rings (SSSR count). The van der Waals surface area contributed by atoms with Crippen molar-refractivity contribution in [2.45, 2.75) is 18.6 Å². The van der Waals surface area contributed by atoms with Gasteiger partial charge < -0.3 is 14.0 Å². The number of methoxy groups -OCH3 is 1. The van der Waals surface area contributed by atoms with Gasteiger partial charge in [-0.15, -0.1) is 0 Å². The number of nitrogens with zero attached hydrogens (tertiary/aromatic N) is 3. The van der Waals surface area contributed by atoms with Crippen LogP contribution in [-0.4, -0.2) is 46.2 Å². The molecule has 0 amide bonds. The molecular formula is C20H23N3O4S. The standard InChI is InChI=1S/C20H23N3O4S/c1-4-27-16(24)13-28-20-21-17-15(14-8-6-5-7-9-14)12-22(2)18(17)19(25)23(20)10-11-26-3/h5-9,12H,4,10-11,13H2,1-3H3. The maximum Gasteiger partial charge on any atom is 0.316 e. The molecule has 0 N–H and O–H groups in total. The molecule has 1 aromatic carbocycles. The summed E-state index contributed by atoms with van der Waals surface area (Å²) in [5.41, 5.74) is 2.86. The van der Waals surface area contributed by atoms with Crippen LogP contribution in [0.25, 0.3) is 22.2 Å². The van der Waals surface area contributed by atoms with Crippen LogP contribution in [0.3, 0.4) is 0 Å². The fourth-order valence-electron chi connectivity index (χ4n) is 3.00. The van der Waals surface area contributed by atoms with E-state index >= 15 is 0 Å². The quantitative estimate of drug-likeness (QED) is 0.328. The van der Waals surface area contributed by atoms with Gasteiger partial charge in [0.15, 0.2) is 5.16 Å². The van der Waals surface area contributed by atoms with E-state index in [0.29, 0.717) is 35.9 Å². The van der Waals surface area contributed by atoms with Gasteiger partial charge in [-0.1, -0.05) is 42.1 Å². The first-order valence-electron chi connectivity index (χ1n) is 8.99. The predicted molar refractivity (Wildman–Crippen MR) is 110 cm³/mol. The summed E-state index contributed by atoms with van der Waals surface area (Å²) >= 11 is 1.20. The lowest BCUT2D eigenvalue weighted by Gasteiger charge is -2.12. The van der Waals surface area contributed by atoms with E-state index in [1.165, 1.54) is 11.8 Å². The van der Waals surface area contributed by atoms with Crippen LogP contribution in [0.2, 0.25) is 0 Å². The Labute approximate surface area is 167 Å². The molecule has 0 bridgehead atoms. The highest BCUT2D eigenvalue weighted by Gasteiger charge is 2.19. The van der Waals surface area contributed by atoms with E-state index in [9.17, 15) is 9.59 Å². The predicted octanol–water partition coefficient (Wildman–Crippen LogP) is 2.70. The van der Waals surface area contributed by atoms with E-state index in [1.54, 1.807) is 23.2 Å². The zero-order valence-corrected chi connectivity index (χ0v) is 17.0. The molecule has 2 heterocycles. The summed E-state index contributed by atoms with van der Waals surface area (Å²) in [5.74, 6) is -0.247. The number of carbonyl (C=O) groups is 1. The lowest BCUT2D eigenvalue weighted by atomic mass is 10.1. The summed E-state index contributed by atoms with van der Waals surface area (Å²) in [4.78, 5) is 29.8. The zero-order valence-electron chi connectivity index (χ0n) is 16.2. The molecule has 148 valence electrons. The number of hydrogen-bond donors (Lipinski definition) is 0. The van der Waals surface area contributed by atoms with Crippen molar-refractivity contribution in [3.05, 3.63) is 46.9 Å². The summed E-state index contributed by atoms with van der Waals surface area (Å²) in [6.07, 6.45) is 1.91. The molecule has 0 fully saturated rings. The maximum absolute atomic E-state index is 13.2. The fourth-order valence-corrected chi connectivity index (χ4v) is 3.81. The van der Waals surface area contributed by atoms with Gasteiger partial charge in [0.2, 0.25) is 0 Å². The Morgan fingerprint density at radius 1 is 1.25 bits per heavy atom. The Morgan fingerprint density at radius 3 is 2.68 bits per heavy atom. The molecule has 0 saturated heterocycles. The number of esters is 1. The molecule has 0 aliphatic carbocycles. The number of aryl methyl sites for hydroxylation is 1. The molecule has 8 heteroatoms. The molecule has 0 aliphatic rings. The molecule has 0 unspecified atom stereocenters. The fraction of sp³-hybridized carbons (Fsp3) is 0.350. The van der Waals surface area contributed by atoms with Gasteiger partial charge in [-0.3, -0.25) is 14.2 Å². The molecule has 2 aromatic heterocycles. The topological polar surface area (TPSA) is 75.4 Å². The van der Waals surface area contributed by atoms with E-state index < -0.39 is 0 Å². The first kappa shape index (κ1) is 20.2. The minimum absolute atomic E-state index is 0.0896. The molecule has 3 aromatic rings. The van der Waals surface area contributed by atoms with Crippen molar-refractivity contribution in [2.24, 2.45) is 7.05 Å². The van der Waals surface area contributed by atoms with Crippen LogP contribution >= 0.6 is 11.8 Å². The number of benzene rings is 1. The molecule has 0 atom stereocenters. The molecule has 0 spiro atoms. The van der Waals surface area contributed by atoms with Crippen molar-refractivity contribution in [1.29, 1.82) is 0 Å². The van der Waals surface area contributed by atoms with E-state index in [0.717, 1.165) is 11.1 Å². The molecule has 28 heavy (non-hydrogen) atoms. The number of fused-ring (bicyclic) bond motifs is 1.